The van der Waals surface area contributed by atoms with Gasteiger partial charge in [0, 0.05) is 0 Å². The molecule has 134 valence electrons. The highest BCUT2D eigenvalue weighted by Gasteiger charge is 2.13. The second-order valence-corrected chi connectivity index (χ2v) is 7.98. The summed E-state index contributed by atoms with van der Waals surface area (Å²) in [4.78, 5) is 0. The number of quaternary nitrogens is 1. The molecule has 0 aromatic rings. The third-order valence-corrected chi connectivity index (χ3v) is 4.98. The van der Waals surface area contributed by atoms with Crippen molar-refractivity contribution in [1.82, 2.24) is 0 Å². The van der Waals surface area contributed by atoms with Crippen molar-refractivity contribution in [2.45, 2.75) is 110 Å². The topological polar surface area (TPSA) is 0 Å². The van der Waals surface area contributed by atoms with Crippen LogP contribution in [0.1, 0.15) is 110 Å². The van der Waals surface area contributed by atoms with Crippen molar-refractivity contribution >= 4 is 0 Å². The van der Waals surface area contributed by atoms with Gasteiger partial charge in [0.05, 0.1) is 27.2 Å². The van der Waals surface area contributed by atoms with Crippen LogP contribution in [0.2, 0.25) is 0 Å². The van der Waals surface area contributed by atoms with Crippen molar-refractivity contribution in [3.8, 4) is 0 Å². The maximum Gasteiger partial charge on any atom is 0.0782 e. The summed E-state index contributed by atoms with van der Waals surface area (Å²) in [5.41, 5.74) is 0. The van der Waals surface area contributed by atoms with Gasteiger partial charge in [-0.3, -0.25) is 0 Å². The first-order chi connectivity index (χ1) is 10.6. The minimum atomic E-state index is 1.24. The van der Waals surface area contributed by atoms with E-state index < -0.39 is 0 Å². The van der Waals surface area contributed by atoms with Gasteiger partial charge in [0.2, 0.25) is 0 Å². The zero-order valence-corrected chi connectivity index (χ0v) is 16.5. The summed E-state index contributed by atoms with van der Waals surface area (Å²) < 4.78 is 1.24. The lowest BCUT2D eigenvalue weighted by Crippen LogP contribution is -2.41. The van der Waals surface area contributed by atoms with E-state index in [2.05, 4.69) is 27.9 Å². The molecule has 0 rings (SSSR count). The summed E-state index contributed by atoms with van der Waals surface area (Å²) in [6.45, 7) is 7.35. The smallest absolute Gasteiger partial charge is 0.0782 e. The van der Waals surface area contributed by atoms with Crippen molar-refractivity contribution in [2.75, 3.05) is 27.2 Å². The Morgan fingerprint density at radius 1 is 0.409 bits per heavy atom. The highest BCUT2D eigenvalue weighted by atomic mass is 15.3. The summed E-state index contributed by atoms with van der Waals surface area (Å²) in [6, 6.07) is 0. The quantitative estimate of drug-likeness (QED) is 0.201. The van der Waals surface area contributed by atoms with Gasteiger partial charge >= 0.3 is 0 Å². The Kier molecular flexibility index (Phi) is 15.8. The van der Waals surface area contributed by atoms with Crippen molar-refractivity contribution in [1.29, 1.82) is 0 Å². The van der Waals surface area contributed by atoms with E-state index in [1.165, 1.54) is 114 Å². The van der Waals surface area contributed by atoms with Gasteiger partial charge in [0.25, 0.3) is 0 Å². The van der Waals surface area contributed by atoms with Crippen molar-refractivity contribution in [2.24, 2.45) is 0 Å². The van der Waals surface area contributed by atoms with Crippen LogP contribution < -0.4 is 0 Å². The van der Waals surface area contributed by atoms with Crippen LogP contribution in [-0.2, 0) is 0 Å². The van der Waals surface area contributed by atoms with Crippen LogP contribution in [0.4, 0.5) is 0 Å². The van der Waals surface area contributed by atoms with Gasteiger partial charge in [-0.2, -0.15) is 0 Å². The van der Waals surface area contributed by atoms with Crippen LogP contribution in [0.5, 0.6) is 0 Å². The lowest BCUT2D eigenvalue weighted by molar-refractivity contribution is -0.890. The van der Waals surface area contributed by atoms with E-state index in [9.17, 15) is 0 Å². The van der Waals surface area contributed by atoms with E-state index >= 15 is 0 Å². The third kappa shape index (κ3) is 16.3. The van der Waals surface area contributed by atoms with Gasteiger partial charge in [-0.25, -0.2) is 0 Å². The first-order valence-electron chi connectivity index (χ1n) is 10.4. The zero-order valence-electron chi connectivity index (χ0n) is 16.5. The van der Waals surface area contributed by atoms with Crippen LogP contribution in [0, 0.1) is 0 Å². The summed E-state index contributed by atoms with van der Waals surface area (Å²) in [5.74, 6) is 0. The first-order valence-corrected chi connectivity index (χ1v) is 10.4. The van der Waals surface area contributed by atoms with E-state index in [1.54, 1.807) is 0 Å². The molecule has 0 spiro atoms. The Bertz CT molecular complexity index is 210. The standard InChI is InChI=1S/C21H46N/c1-5-7-9-11-12-13-14-15-17-19-21-22(3,4)20-18-16-10-8-6-2/h5-21H2,1-4H3/q+1. The summed E-state index contributed by atoms with van der Waals surface area (Å²) >= 11 is 0. The Labute approximate surface area is 142 Å². The molecule has 0 aromatic carbocycles. The predicted molar refractivity (Wildman–Crippen MR) is 102 cm³/mol. The van der Waals surface area contributed by atoms with Gasteiger partial charge in [0.1, 0.15) is 0 Å². The molecule has 0 atom stereocenters. The van der Waals surface area contributed by atoms with Gasteiger partial charge in [-0.05, 0) is 25.7 Å². The zero-order chi connectivity index (χ0) is 16.5. The minimum absolute atomic E-state index is 1.24. The highest BCUT2D eigenvalue weighted by molar-refractivity contribution is 4.48. The Balaban J connectivity index is 3.30. The van der Waals surface area contributed by atoms with Crippen molar-refractivity contribution < 1.29 is 4.48 Å². The molecule has 0 fully saturated rings. The van der Waals surface area contributed by atoms with Gasteiger partial charge in [-0.1, -0.05) is 84.5 Å². The van der Waals surface area contributed by atoms with Crippen LogP contribution in [0.3, 0.4) is 0 Å². The van der Waals surface area contributed by atoms with Crippen LogP contribution >= 0.6 is 0 Å². The number of hydrogen-bond donors (Lipinski definition) is 0. The molecule has 0 saturated carbocycles. The largest absolute Gasteiger partial charge is 0.328 e. The molecule has 0 saturated heterocycles. The maximum absolute atomic E-state index is 2.42. The maximum atomic E-state index is 2.42. The molecule has 1 heteroatoms. The molecular weight excluding hydrogens is 266 g/mol. The summed E-state index contributed by atoms with van der Waals surface area (Å²) in [7, 11) is 4.85. The molecule has 0 bridgehead atoms. The summed E-state index contributed by atoms with van der Waals surface area (Å²) in [5, 5.41) is 0. The second-order valence-electron chi connectivity index (χ2n) is 7.98. The Morgan fingerprint density at radius 3 is 1.00 bits per heavy atom. The van der Waals surface area contributed by atoms with Crippen molar-refractivity contribution in [3.63, 3.8) is 0 Å². The lowest BCUT2D eigenvalue weighted by atomic mass is 10.1. The Morgan fingerprint density at radius 2 is 0.682 bits per heavy atom. The number of unbranched alkanes of at least 4 members (excludes halogenated alkanes) is 13. The summed E-state index contributed by atoms with van der Waals surface area (Å²) in [6.07, 6.45) is 21.6. The normalized spacial score (nSPS) is 12.0. The predicted octanol–water partition coefficient (Wildman–Crippen LogP) is 6.95. The van der Waals surface area contributed by atoms with Crippen LogP contribution in [0.15, 0.2) is 0 Å². The van der Waals surface area contributed by atoms with Gasteiger partial charge in [0.15, 0.2) is 0 Å². The van der Waals surface area contributed by atoms with E-state index in [-0.39, 0.29) is 0 Å². The van der Waals surface area contributed by atoms with Gasteiger partial charge < -0.3 is 4.48 Å². The lowest BCUT2D eigenvalue weighted by Gasteiger charge is -2.30. The molecule has 1 nitrogen and oxygen atoms in total. The average Bonchev–Trinajstić information content (AvgIpc) is 2.49. The third-order valence-electron chi connectivity index (χ3n) is 4.98. The molecule has 0 aliphatic heterocycles. The number of hydrogen-bond acceptors (Lipinski definition) is 0. The molecule has 0 amide bonds. The van der Waals surface area contributed by atoms with E-state index in [0.717, 1.165) is 0 Å². The molecular formula is C21H46N+. The van der Waals surface area contributed by atoms with Gasteiger partial charge in [-0.15, -0.1) is 0 Å². The first kappa shape index (κ1) is 22.0. The fraction of sp³-hybridized carbons (Fsp3) is 1.00. The van der Waals surface area contributed by atoms with E-state index in [4.69, 9.17) is 0 Å². The molecule has 0 radical (unpaired) electrons. The fourth-order valence-electron chi connectivity index (χ4n) is 3.28. The van der Waals surface area contributed by atoms with Crippen LogP contribution in [0.25, 0.3) is 0 Å². The molecule has 0 aromatic heterocycles. The minimum Gasteiger partial charge on any atom is -0.328 e. The number of rotatable bonds is 17. The van der Waals surface area contributed by atoms with E-state index in [1.807, 2.05) is 0 Å². The van der Waals surface area contributed by atoms with E-state index in [0.29, 0.717) is 0 Å². The molecule has 0 aliphatic rings. The Hall–Kier alpha value is -0.0400. The molecule has 0 heterocycles. The SMILES string of the molecule is CCCCCCCCCCCC[N+](C)(C)CCCCCCC. The second kappa shape index (κ2) is 15.8. The molecule has 0 unspecified atom stereocenters. The van der Waals surface area contributed by atoms with Crippen molar-refractivity contribution in [3.05, 3.63) is 0 Å². The molecule has 0 aliphatic carbocycles. The fourth-order valence-corrected chi connectivity index (χ4v) is 3.28. The average molecular weight is 313 g/mol. The molecule has 0 N–H and O–H groups in total. The molecule has 22 heavy (non-hydrogen) atoms. The highest BCUT2D eigenvalue weighted by Crippen LogP contribution is 2.12. The number of nitrogens with zero attached hydrogens (tertiary/aromatic N) is 1. The van der Waals surface area contributed by atoms with Crippen LogP contribution in [-0.4, -0.2) is 31.7 Å². The monoisotopic (exact) mass is 312 g/mol.